The first kappa shape index (κ1) is 22.9. The highest BCUT2D eigenvalue weighted by molar-refractivity contribution is 7.86. The van der Waals surface area contributed by atoms with E-state index in [1.54, 1.807) is 0 Å². The zero-order valence-corrected chi connectivity index (χ0v) is 18.8. The molecule has 3 aliphatic heterocycles. The normalized spacial score (nSPS) is 30.9. The van der Waals surface area contributed by atoms with Gasteiger partial charge in [-0.2, -0.15) is 17.0 Å². The van der Waals surface area contributed by atoms with E-state index in [0.717, 1.165) is 25.8 Å². The fourth-order valence-electron chi connectivity index (χ4n) is 4.84. The van der Waals surface area contributed by atoms with E-state index < -0.39 is 10.2 Å². The Morgan fingerprint density at radius 3 is 2.38 bits per heavy atom. The average Bonchev–Trinajstić information content (AvgIpc) is 2.73. The van der Waals surface area contributed by atoms with E-state index in [0.29, 0.717) is 51.5 Å². The fraction of sp³-hybridized carbons (Fsp3) is 0.950. The molecule has 1 amide bonds. The van der Waals surface area contributed by atoms with Gasteiger partial charge in [0.15, 0.2) is 0 Å². The molecule has 0 bridgehead atoms. The molecule has 8 nitrogen and oxygen atoms in total. The van der Waals surface area contributed by atoms with Gasteiger partial charge in [-0.25, -0.2) is 0 Å². The topological polar surface area (TPSA) is 82.2 Å². The van der Waals surface area contributed by atoms with Gasteiger partial charge >= 0.3 is 0 Å². The summed E-state index contributed by atoms with van der Waals surface area (Å²) in [7, 11) is -3.50. The van der Waals surface area contributed by atoms with Crippen LogP contribution in [0, 0.1) is 5.92 Å². The van der Waals surface area contributed by atoms with Crippen LogP contribution in [0.15, 0.2) is 0 Å². The van der Waals surface area contributed by atoms with Gasteiger partial charge in [0.05, 0.1) is 19.1 Å². The van der Waals surface area contributed by atoms with Crippen LogP contribution in [-0.4, -0.2) is 92.4 Å². The van der Waals surface area contributed by atoms with Gasteiger partial charge in [-0.05, 0) is 46.0 Å². The molecule has 1 N–H and O–H groups in total. The fourth-order valence-corrected chi connectivity index (χ4v) is 6.50. The van der Waals surface area contributed by atoms with Gasteiger partial charge in [-0.1, -0.05) is 6.42 Å². The van der Waals surface area contributed by atoms with Gasteiger partial charge in [-0.15, -0.1) is 0 Å². The predicted molar refractivity (Wildman–Crippen MR) is 113 cm³/mol. The number of nitrogens with one attached hydrogen (secondary N) is 1. The highest BCUT2D eigenvalue weighted by atomic mass is 32.2. The van der Waals surface area contributed by atoms with E-state index in [-0.39, 0.29) is 18.4 Å². The largest absolute Gasteiger partial charge is 0.379 e. The summed E-state index contributed by atoms with van der Waals surface area (Å²) in [5.74, 6) is -0.265. The number of piperidine rings is 2. The summed E-state index contributed by atoms with van der Waals surface area (Å²) in [6.45, 7) is 8.67. The summed E-state index contributed by atoms with van der Waals surface area (Å²) in [6, 6.07) is 1.23. The molecule has 0 unspecified atom stereocenters. The van der Waals surface area contributed by atoms with Crippen molar-refractivity contribution < 1.29 is 17.9 Å². The monoisotopic (exact) mass is 430 g/mol. The Kier molecular flexibility index (Phi) is 8.32. The highest BCUT2D eigenvalue weighted by Gasteiger charge is 2.36. The Morgan fingerprint density at radius 2 is 1.69 bits per heavy atom. The zero-order chi connectivity index (χ0) is 20.9. The zero-order valence-electron chi connectivity index (χ0n) is 18.0. The molecule has 3 aliphatic rings. The second-order valence-corrected chi connectivity index (χ2v) is 10.7. The van der Waals surface area contributed by atoms with Crippen molar-refractivity contribution in [1.29, 1.82) is 0 Å². The molecule has 3 heterocycles. The third-order valence-corrected chi connectivity index (χ3v) is 8.65. The van der Waals surface area contributed by atoms with E-state index in [1.165, 1.54) is 27.9 Å². The second kappa shape index (κ2) is 10.5. The lowest BCUT2D eigenvalue weighted by Crippen LogP contribution is -2.53. The van der Waals surface area contributed by atoms with Crippen molar-refractivity contribution in [2.24, 2.45) is 5.92 Å². The summed E-state index contributed by atoms with van der Waals surface area (Å²) in [6.07, 6.45) is 6.23. The average molecular weight is 431 g/mol. The van der Waals surface area contributed by atoms with Crippen LogP contribution in [0.3, 0.4) is 0 Å². The molecule has 0 radical (unpaired) electrons. The molecular formula is C20H38N4O4S. The molecule has 0 aromatic rings. The van der Waals surface area contributed by atoms with E-state index in [9.17, 15) is 13.2 Å². The lowest BCUT2D eigenvalue weighted by Gasteiger charge is -2.39. The minimum atomic E-state index is -3.50. The molecule has 3 rings (SSSR count). The molecular weight excluding hydrogens is 392 g/mol. The maximum atomic E-state index is 12.9. The highest BCUT2D eigenvalue weighted by Crippen LogP contribution is 2.23. The van der Waals surface area contributed by atoms with E-state index in [2.05, 4.69) is 24.1 Å². The third kappa shape index (κ3) is 5.91. The number of carbonyl (C=O) groups excluding carboxylic acids is 1. The van der Waals surface area contributed by atoms with Crippen molar-refractivity contribution in [2.45, 2.75) is 64.5 Å². The molecule has 9 heteroatoms. The van der Waals surface area contributed by atoms with Gasteiger partial charge in [0, 0.05) is 51.4 Å². The Balaban J connectivity index is 1.43. The molecule has 0 spiro atoms. The number of nitrogens with zero attached hydrogens (tertiary/aromatic N) is 3. The van der Waals surface area contributed by atoms with Crippen LogP contribution in [0.5, 0.6) is 0 Å². The smallest absolute Gasteiger partial charge is 0.282 e. The molecule has 0 aromatic carbocycles. The number of ether oxygens (including phenoxy) is 1. The van der Waals surface area contributed by atoms with E-state index >= 15 is 0 Å². The third-order valence-electron chi connectivity index (χ3n) is 6.65. The molecule has 3 fully saturated rings. The van der Waals surface area contributed by atoms with Crippen LogP contribution in [0.1, 0.15) is 52.4 Å². The summed E-state index contributed by atoms with van der Waals surface area (Å²) >= 11 is 0. The number of rotatable bonds is 7. The molecule has 3 saturated heterocycles. The molecule has 0 aliphatic carbocycles. The van der Waals surface area contributed by atoms with Gasteiger partial charge in [0.2, 0.25) is 5.91 Å². The molecule has 29 heavy (non-hydrogen) atoms. The van der Waals surface area contributed by atoms with Crippen LogP contribution in [0.4, 0.5) is 0 Å². The molecule has 168 valence electrons. The number of carbonyl (C=O) groups is 1. The molecule has 3 atom stereocenters. The summed E-state index contributed by atoms with van der Waals surface area (Å²) in [5, 5.41) is 3.05. The van der Waals surface area contributed by atoms with Crippen molar-refractivity contribution in [3.8, 4) is 0 Å². The van der Waals surface area contributed by atoms with Crippen LogP contribution >= 0.6 is 0 Å². The number of hydrogen-bond acceptors (Lipinski definition) is 5. The SMILES string of the molecule is C[C@@H]1CCC[C@H](C)N1CCCNC(=O)[C@H]1CCCN(S(=O)(=O)N2CCOCC2)C1. The van der Waals surface area contributed by atoms with Gasteiger partial charge < -0.3 is 10.1 Å². The van der Waals surface area contributed by atoms with Crippen molar-refractivity contribution in [1.82, 2.24) is 18.8 Å². The standard InChI is InChI=1S/C20H38N4O4S/c1-17-6-3-7-18(2)24(17)11-5-9-21-20(25)19-8-4-10-23(16-19)29(26,27)22-12-14-28-15-13-22/h17-19H,3-16H2,1-2H3,(H,21,25)/t17-,18+,19-/m0/s1. The van der Waals surface area contributed by atoms with Gasteiger partial charge in [0.1, 0.15) is 0 Å². The van der Waals surface area contributed by atoms with Crippen molar-refractivity contribution >= 4 is 16.1 Å². The summed E-state index contributed by atoms with van der Waals surface area (Å²) < 4.78 is 34.0. The van der Waals surface area contributed by atoms with E-state index in [1.807, 2.05) is 0 Å². The quantitative estimate of drug-likeness (QED) is 0.611. The first-order valence-corrected chi connectivity index (χ1v) is 12.7. The molecule has 0 saturated carbocycles. The van der Waals surface area contributed by atoms with Gasteiger partial charge in [-0.3, -0.25) is 9.69 Å². The first-order chi connectivity index (χ1) is 13.9. The van der Waals surface area contributed by atoms with Crippen molar-refractivity contribution in [3.05, 3.63) is 0 Å². The number of amides is 1. The van der Waals surface area contributed by atoms with Crippen LogP contribution in [0.25, 0.3) is 0 Å². The van der Waals surface area contributed by atoms with Crippen LogP contribution in [-0.2, 0) is 19.7 Å². The Bertz CT molecular complexity index is 628. The second-order valence-electron chi connectivity index (χ2n) is 8.73. The van der Waals surface area contributed by atoms with Gasteiger partial charge in [0.25, 0.3) is 10.2 Å². The van der Waals surface area contributed by atoms with Crippen molar-refractivity contribution in [2.75, 3.05) is 52.5 Å². The number of morpholine rings is 1. The molecule has 0 aromatic heterocycles. The Hall–Kier alpha value is -0.740. The van der Waals surface area contributed by atoms with Crippen LogP contribution in [0.2, 0.25) is 0 Å². The number of likely N-dealkylation sites (tertiary alicyclic amines) is 1. The minimum Gasteiger partial charge on any atom is -0.379 e. The Labute approximate surface area is 176 Å². The first-order valence-electron chi connectivity index (χ1n) is 11.3. The predicted octanol–water partition coefficient (Wildman–Crippen LogP) is 1.04. The maximum absolute atomic E-state index is 12.9. The lowest BCUT2D eigenvalue weighted by molar-refractivity contribution is -0.126. The van der Waals surface area contributed by atoms with Crippen molar-refractivity contribution in [3.63, 3.8) is 0 Å². The lowest BCUT2D eigenvalue weighted by atomic mass is 9.97. The minimum absolute atomic E-state index is 0.00776. The van der Waals surface area contributed by atoms with E-state index in [4.69, 9.17) is 4.74 Å². The van der Waals surface area contributed by atoms with Crippen LogP contribution < -0.4 is 5.32 Å². The maximum Gasteiger partial charge on any atom is 0.282 e. The number of hydrogen-bond donors (Lipinski definition) is 1. The summed E-state index contributed by atoms with van der Waals surface area (Å²) in [4.78, 5) is 15.2. The Morgan fingerprint density at radius 1 is 1.00 bits per heavy atom. The summed E-state index contributed by atoms with van der Waals surface area (Å²) in [5.41, 5.74) is 0.